The van der Waals surface area contributed by atoms with Crippen molar-refractivity contribution in [3.05, 3.63) is 40.4 Å². The average molecular weight is 557 g/mol. The van der Waals surface area contributed by atoms with Crippen LogP contribution in [0.4, 0.5) is 18.9 Å². The van der Waals surface area contributed by atoms with Gasteiger partial charge in [-0.1, -0.05) is 35.7 Å². The third-order valence-electron chi connectivity index (χ3n) is 6.04. The fraction of sp³-hybridized carbons (Fsp3) is 0.478. The van der Waals surface area contributed by atoms with Crippen LogP contribution in [0.3, 0.4) is 0 Å². The Morgan fingerprint density at radius 1 is 1.33 bits per heavy atom. The number of piperazine rings is 1. The van der Waals surface area contributed by atoms with Crippen molar-refractivity contribution in [1.82, 2.24) is 9.80 Å². The van der Waals surface area contributed by atoms with Crippen LogP contribution in [-0.4, -0.2) is 83.7 Å². The van der Waals surface area contributed by atoms with Gasteiger partial charge in [-0.2, -0.15) is 18.4 Å². The molecule has 7 nitrogen and oxygen atoms in total. The van der Waals surface area contributed by atoms with Crippen molar-refractivity contribution in [2.75, 3.05) is 43.3 Å². The van der Waals surface area contributed by atoms with E-state index in [9.17, 15) is 18.0 Å². The van der Waals surface area contributed by atoms with E-state index < -0.39 is 17.8 Å². The third kappa shape index (κ3) is 6.30. The van der Waals surface area contributed by atoms with Gasteiger partial charge in [0.25, 0.3) is 0 Å². The summed E-state index contributed by atoms with van der Waals surface area (Å²) in [5, 5.41) is 8.39. The molecule has 3 aliphatic rings. The van der Waals surface area contributed by atoms with Crippen molar-refractivity contribution in [2.24, 2.45) is 9.98 Å². The third-order valence-corrected chi connectivity index (χ3v) is 8.46. The zero-order valence-electron chi connectivity index (χ0n) is 19.4. The number of carbonyl (C=O) groups is 1. The van der Waals surface area contributed by atoms with E-state index in [1.54, 1.807) is 17.0 Å². The van der Waals surface area contributed by atoms with E-state index in [0.717, 1.165) is 11.3 Å². The van der Waals surface area contributed by atoms with Gasteiger partial charge in [0.1, 0.15) is 24.1 Å². The van der Waals surface area contributed by atoms with Crippen LogP contribution in [0.15, 0.2) is 39.8 Å². The first kappa shape index (κ1) is 26.7. The SMILES string of the molecule is CSN(CC#N)c1ccc(CC(=O)N2CCN(C3=NC=NC4SC(CC(F)(F)F)C=C34)CC2)c(Cl)c1. The molecule has 2 atom stereocenters. The Bertz CT molecular complexity index is 1130. The maximum atomic E-state index is 13.0. The lowest BCUT2D eigenvalue weighted by Gasteiger charge is -2.37. The first-order valence-electron chi connectivity index (χ1n) is 11.2. The molecule has 0 spiro atoms. The van der Waals surface area contributed by atoms with Crippen LogP contribution in [0.2, 0.25) is 5.02 Å². The van der Waals surface area contributed by atoms with Gasteiger partial charge in [-0.3, -0.25) is 9.79 Å². The molecule has 1 aromatic carbocycles. The van der Waals surface area contributed by atoms with Crippen molar-refractivity contribution in [1.29, 1.82) is 5.26 Å². The number of anilines is 1. The van der Waals surface area contributed by atoms with Gasteiger partial charge >= 0.3 is 6.18 Å². The molecule has 1 amide bonds. The fourth-order valence-corrected chi connectivity index (χ4v) is 6.34. The Kier molecular flexibility index (Phi) is 8.42. The van der Waals surface area contributed by atoms with Crippen LogP contribution in [0.1, 0.15) is 12.0 Å². The van der Waals surface area contributed by atoms with Crippen molar-refractivity contribution in [2.45, 2.75) is 29.6 Å². The minimum atomic E-state index is -4.23. The minimum Gasteiger partial charge on any atom is -0.353 e. The molecule has 0 radical (unpaired) electrons. The van der Waals surface area contributed by atoms with Crippen molar-refractivity contribution in [3.63, 3.8) is 0 Å². The number of nitriles is 1. The highest BCUT2D eigenvalue weighted by Gasteiger charge is 2.39. The van der Waals surface area contributed by atoms with E-state index in [4.69, 9.17) is 16.9 Å². The number of rotatable bonds is 6. The summed E-state index contributed by atoms with van der Waals surface area (Å²) in [6.07, 6.45) is -0.0396. The Hall–Kier alpha value is -2.36. The average Bonchev–Trinajstić information content (AvgIpc) is 3.24. The summed E-state index contributed by atoms with van der Waals surface area (Å²) < 4.78 is 40.4. The molecule has 4 rings (SSSR count). The Labute approximate surface area is 221 Å². The van der Waals surface area contributed by atoms with E-state index in [2.05, 4.69) is 16.1 Å². The van der Waals surface area contributed by atoms with E-state index >= 15 is 0 Å². The largest absolute Gasteiger partial charge is 0.390 e. The zero-order valence-corrected chi connectivity index (χ0v) is 21.8. The lowest BCUT2D eigenvalue weighted by Crippen LogP contribution is -2.52. The monoisotopic (exact) mass is 556 g/mol. The number of amides is 1. The lowest BCUT2D eigenvalue weighted by molar-refractivity contribution is -0.132. The van der Waals surface area contributed by atoms with Gasteiger partial charge in [0.2, 0.25) is 5.91 Å². The molecule has 3 heterocycles. The number of hydrogen-bond acceptors (Lipinski definition) is 8. The summed E-state index contributed by atoms with van der Waals surface area (Å²) in [5.41, 5.74) is 2.23. The van der Waals surface area contributed by atoms with Gasteiger partial charge in [-0.05, 0) is 17.7 Å². The molecule has 1 fully saturated rings. The zero-order chi connectivity index (χ0) is 25.9. The standard InChI is InChI=1S/C23H24ClF3N6OS2/c1-35-33(5-4-28)16-3-2-15(19(24)11-16)10-20(34)31-6-8-32(9-7-31)21-18-12-17(13-23(25,26)27)36-22(18)30-14-29-21/h2-3,11-12,14,17,22H,5-10,13H2,1H3. The van der Waals surface area contributed by atoms with Crippen LogP contribution in [0.5, 0.6) is 0 Å². The lowest BCUT2D eigenvalue weighted by atomic mass is 10.1. The molecule has 0 saturated carbocycles. The van der Waals surface area contributed by atoms with Crippen LogP contribution < -0.4 is 4.31 Å². The van der Waals surface area contributed by atoms with Crippen molar-refractivity contribution >= 4 is 59.1 Å². The summed E-state index contributed by atoms with van der Waals surface area (Å²) in [6, 6.07) is 7.52. The molecule has 1 aromatic rings. The van der Waals surface area contributed by atoms with E-state index in [0.29, 0.717) is 42.6 Å². The number of alkyl halides is 3. The number of thioether (sulfide) groups is 1. The minimum absolute atomic E-state index is 0.0473. The molecule has 36 heavy (non-hydrogen) atoms. The molecule has 0 aromatic heterocycles. The predicted molar refractivity (Wildman–Crippen MR) is 140 cm³/mol. The summed E-state index contributed by atoms with van der Waals surface area (Å²) in [6.45, 7) is 2.23. The summed E-state index contributed by atoms with van der Waals surface area (Å²) in [7, 11) is 0. The first-order chi connectivity index (χ1) is 17.2. The van der Waals surface area contributed by atoms with Crippen LogP contribution in [0, 0.1) is 11.3 Å². The number of benzene rings is 1. The number of fused-ring (bicyclic) bond motifs is 1. The van der Waals surface area contributed by atoms with Gasteiger partial charge in [-0.15, -0.1) is 11.8 Å². The molecule has 2 unspecified atom stereocenters. The molecular weight excluding hydrogens is 533 g/mol. The van der Waals surface area contributed by atoms with E-state index in [1.807, 2.05) is 27.6 Å². The van der Waals surface area contributed by atoms with Crippen molar-refractivity contribution in [3.8, 4) is 6.07 Å². The van der Waals surface area contributed by atoms with Gasteiger partial charge < -0.3 is 14.1 Å². The highest BCUT2D eigenvalue weighted by atomic mass is 35.5. The van der Waals surface area contributed by atoms with Gasteiger partial charge in [0.15, 0.2) is 0 Å². The molecule has 0 bridgehead atoms. The van der Waals surface area contributed by atoms with Gasteiger partial charge in [-0.25, -0.2) is 4.99 Å². The molecular formula is C23H24ClF3N6OS2. The van der Waals surface area contributed by atoms with Crippen LogP contribution >= 0.6 is 35.3 Å². The van der Waals surface area contributed by atoms with Crippen molar-refractivity contribution < 1.29 is 18.0 Å². The van der Waals surface area contributed by atoms with Gasteiger partial charge in [0.05, 0.1) is 18.9 Å². The topological polar surface area (TPSA) is 75.3 Å². The fourth-order valence-electron chi connectivity index (χ4n) is 4.29. The number of amidine groups is 1. The number of hydrogen-bond donors (Lipinski definition) is 0. The quantitative estimate of drug-likeness (QED) is 0.382. The molecule has 192 valence electrons. The predicted octanol–water partition coefficient (Wildman–Crippen LogP) is 4.40. The molecule has 13 heteroatoms. The number of carbonyl (C=O) groups excluding carboxylic acids is 1. The molecule has 3 aliphatic heterocycles. The van der Waals surface area contributed by atoms with E-state index in [-0.39, 0.29) is 24.2 Å². The second kappa shape index (κ2) is 11.4. The van der Waals surface area contributed by atoms with Gasteiger partial charge in [0, 0.05) is 54.0 Å². The number of nitrogens with zero attached hydrogens (tertiary/aromatic N) is 6. The molecule has 0 N–H and O–H groups in total. The Balaban J connectivity index is 1.35. The van der Waals surface area contributed by atoms with Crippen LogP contribution in [-0.2, 0) is 11.2 Å². The molecule has 1 saturated heterocycles. The summed E-state index contributed by atoms with van der Waals surface area (Å²) in [4.78, 5) is 25.3. The van der Waals surface area contributed by atoms with E-state index in [1.165, 1.54) is 30.0 Å². The molecule has 0 aliphatic carbocycles. The Morgan fingerprint density at radius 2 is 2.08 bits per heavy atom. The van der Waals surface area contributed by atoms with Crippen LogP contribution in [0.25, 0.3) is 0 Å². The maximum Gasteiger partial charge on any atom is 0.390 e. The smallest absolute Gasteiger partial charge is 0.353 e. The second-order valence-electron chi connectivity index (χ2n) is 8.38. The highest BCUT2D eigenvalue weighted by molar-refractivity contribution is 8.01. The first-order valence-corrected chi connectivity index (χ1v) is 13.7. The Morgan fingerprint density at radius 3 is 2.72 bits per heavy atom. The normalized spacial score (nSPS) is 21.6. The number of halogens is 4. The summed E-state index contributed by atoms with van der Waals surface area (Å²) >= 11 is 9.04. The summed E-state index contributed by atoms with van der Waals surface area (Å²) in [5.74, 6) is 0.600. The maximum absolute atomic E-state index is 13.0. The number of aliphatic imine (C=N–C) groups is 2. The highest BCUT2D eigenvalue weighted by Crippen LogP contribution is 2.41. The second-order valence-corrected chi connectivity index (χ2v) is 10.9.